The van der Waals surface area contributed by atoms with Gasteiger partial charge in [-0.05, 0) is 24.3 Å². The molecule has 2 rings (SSSR count). The van der Waals surface area contributed by atoms with Gasteiger partial charge in [0.15, 0.2) is 0 Å². The van der Waals surface area contributed by atoms with Crippen molar-refractivity contribution in [2.24, 2.45) is 5.92 Å². The second-order valence-corrected chi connectivity index (χ2v) is 7.47. The standard InChI is InChI=1S/C18H22N2O5S/c1-13(18(21)19-16-9-4-5-10-17(16)25-3)12-26(22,23)20-14-7-6-8-15(11-14)24-2/h4-11,13,20H,12H2,1-3H3,(H,19,21). The molecule has 26 heavy (non-hydrogen) atoms. The highest BCUT2D eigenvalue weighted by atomic mass is 32.2. The fourth-order valence-corrected chi connectivity index (χ4v) is 3.70. The fourth-order valence-electron chi connectivity index (χ4n) is 2.32. The predicted octanol–water partition coefficient (Wildman–Crippen LogP) is 2.72. The molecule has 0 aliphatic rings. The molecule has 1 atom stereocenters. The van der Waals surface area contributed by atoms with Crippen molar-refractivity contribution >= 4 is 27.3 Å². The third-order valence-corrected chi connectivity index (χ3v) is 5.11. The maximum absolute atomic E-state index is 12.3. The van der Waals surface area contributed by atoms with Crippen LogP contribution in [0.15, 0.2) is 48.5 Å². The van der Waals surface area contributed by atoms with Crippen molar-refractivity contribution in [1.82, 2.24) is 0 Å². The van der Waals surface area contributed by atoms with E-state index in [-0.39, 0.29) is 5.75 Å². The number of hydrogen-bond donors (Lipinski definition) is 2. The van der Waals surface area contributed by atoms with Gasteiger partial charge in [0.05, 0.1) is 37.3 Å². The Balaban J connectivity index is 2.02. The van der Waals surface area contributed by atoms with Gasteiger partial charge in [-0.25, -0.2) is 8.42 Å². The third kappa shape index (κ3) is 5.38. The van der Waals surface area contributed by atoms with E-state index in [1.807, 2.05) is 0 Å². The molecule has 0 saturated heterocycles. The minimum atomic E-state index is -3.71. The average Bonchev–Trinajstić information content (AvgIpc) is 2.61. The number of para-hydroxylation sites is 2. The van der Waals surface area contributed by atoms with Crippen LogP contribution in [0.1, 0.15) is 6.92 Å². The van der Waals surface area contributed by atoms with Crippen LogP contribution in [0.5, 0.6) is 11.5 Å². The minimum absolute atomic E-state index is 0.356. The number of anilines is 2. The molecular formula is C18H22N2O5S. The molecule has 0 spiro atoms. The van der Waals surface area contributed by atoms with Crippen molar-refractivity contribution in [2.45, 2.75) is 6.92 Å². The average molecular weight is 378 g/mol. The lowest BCUT2D eigenvalue weighted by Crippen LogP contribution is -2.30. The Labute approximate surface area is 153 Å². The molecule has 0 saturated carbocycles. The van der Waals surface area contributed by atoms with Crippen molar-refractivity contribution in [2.75, 3.05) is 30.0 Å². The Bertz CT molecular complexity index is 867. The van der Waals surface area contributed by atoms with E-state index in [1.165, 1.54) is 14.2 Å². The van der Waals surface area contributed by atoms with Gasteiger partial charge in [-0.1, -0.05) is 25.1 Å². The molecule has 2 N–H and O–H groups in total. The molecule has 0 radical (unpaired) electrons. The van der Waals surface area contributed by atoms with Gasteiger partial charge in [0, 0.05) is 6.07 Å². The van der Waals surface area contributed by atoms with E-state index >= 15 is 0 Å². The molecule has 2 aromatic carbocycles. The van der Waals surface area contributed by atoms with Crippen molar-refractivity contribution < 1.29 is 22.7 Å². The van der Waals surface area contributed by atoms with Crippen LogP contribution in [0, 0.1) is 5.92 Å². The van der Waals surface area contributed by atoms with Gasteiger partial charge >= 0.3 is 0 Å². The highest BCUT2D eigenvalue weighted by Gasteiger charge is 2.22. The van der Waals surface area contributed by atoms with Crippen molar-refractivity contribution in [3.8, 4) is 11.5 Å². The lowest BCUT2D eigenvalue weighted by Gasteiger charge is -2.15. The second-order valence-electron chi connectivity index (χ2n) is 5.71. The van der Waals surface area contributed by atoms with Crippen LogP contribution in [0.2, 0.25) is 0 Å². The maximum Gasteiger partial charge on any atom is 0.233 e. The fraction of sp³-hybridized carbons (Fsp3) is 0.278. The number of nitrogens with one attached hydrogen (secondary N) is 2. The molecule has 2 aromatic rings. The molecule has 0 heterocycles. The number of amides is 1. The van der Waals surface area contributed by atoms with E-state index in [2.05, 4.69) is 10.0 Å². The van der Waals surface area contributed by atoms with Crippen LogP contribution in [0.25, 0.3) is 0 Å². The molecule has 140 valence electrons. The largest absolute Gasteiger partial charge is 0.497 e. The Morgan fingerprint density at radius 1 is 1.08 bits per heavy atom. The van der Waals surface area contributed by atoms with Crippen molar-refractivity contribution in [3.05, 3.63) is 48.5 Å². The van der Waals surface area contributed by atoms with E-state index in [4.69, 9.17) is 9.47 Å². The first-order valence-corrected chi connectivity index (χ1v) is 9.58. The molecule has 0 bridgehead atoms. The summed E-state index contributed by atoms with van der Waals surface area (Å²) >= 11 is 0. The summed E-state index contributed by atoms with van der Waals surface area (Å²) in [4.78, 5) is 12.3. The lowest BCUT2D eigenvalue weighted by molar-refractivity contribution is -0.118. The van der Waals surface area contributed by atoms with Crippen LogP contribution in [-0.4, -0.2) is 34.3 Å². The summed E-state index contributed by atoms with van der Waals surface area (Å²) in [6, 6.07) is 13.5. The summed E-state index contributed by atoms with van der Waals surface area (Å²) in [7, 11) is -0.715. The quantitative estimate of drug-likeness (QED) is 0.737. The number of benzene rings is 2. The van der Waals surface area contributed by atoms with Gasteiger partial charge in [-0.3, -0.25) is 9.52 Å². The first kappa shape index (κ1) is 19.6. The van der Waals surface area contributed by atoms with Crippen LogP contribution >= 0.6 is 0 Å². The van der Waals surface area contributed by atoms with Crippen LogP contribution < -0.4 is 19.5 Å². The number of ether oxygens (including phenoxy) is 2. The molecule has 0 aliphatic heterocycles. The van der Waals surface area contributed by atoms with Crippen LogP contribution in [0.3, 0.4) is 0 Å². The summed E-state index contributed by atoms with van der Waals surface area (Å²) in [6.07, 6.45) is 0. The Morgan fingerprint density at radius 2 is 1.81 bits per heavy atom. The summed E-state index contributed by atoms with van der Waals surface area (Å²) < 4.78 is 37.4. The predicted molar refractivity (Wildman–Crippen MR) is 101 cm³/mol. The summed E-state index contributed by atoms with van der Waals surface area (Å²) in [5.41, 5.74) is 0.867. The number of carbonyl (C=O) groups excluding carboxylic acids is 1. The summed E-state index contributed by atoms with van der Waals surface area (Å²) in [6.45, 7) is 1.55. The smallest absolute Gasteiger partial charge is 0.233 e. The topological polar surface area (TPSA) is 93.7 Å². The summed E-state index contributed by atoms with van der Waals surface area (Å²) in [5.74, 6) is -0.489. The first-order valence-electron chi connectivity index (χ1n) is 7.93. The lowest BCUT2D eigenvalue weighted by atomic mass is 10.2. The number of hydrogen-bond acceptors (Lipinski definition) is 5. The van der Waals surface area contributed by atoms with E-state index in [9.17, 15) is 13.2 Å². The Morgan fingerprint density at radius 3 is 2.50 bits per heavy atom. The minimum Gasteiger partial charge on any atom is -0.497 e. The highest BCUT2D eigenvalue weighted by Crippen LogP contribution is 2.24. The normalized spacial score (nSPS) is 12.1. The highest BCUT2D eigenvalue weighted by molar-refractivity contribution is 7.92. The number of methoxy groups -OCH3 is 2. The van der Waals surface area contributed by atoms with Gasteiger partial charge in [0.25, 0.3) is 0 Å². The second kappa shape index (κ2) is 8.57. The molecule has 0 aromatic heterocycles. The zero-order valence-corrected chi connectivity index (χ0v) is 15.7. The number of carbonyl (C=O) groups is 1. The van der Waals surface area contributed by atoms with E-state index < -0.39 is 21.8 Å². The van der Waals surface area contributed by atoms with Gasteiger partial charge in [-0.2, -0.15) is 0 Å². The monoisotopic (exact) mass is 378 g/mol. The van der Waals surface area contributed by atoms with Gasteiger partial charge < -0.3 is 14.8 Å². The molecule has 0 fully saturated rings. The molecule has 8 heteroatoms. The van der Waals surface area contributed by atoms with E-state index in [0.29, 0.717) is 22.9 Å². The SMILES string of the molecule is COc1cccc(NS(=O)(=O)CC(C)C(=O)Nc2ccccc2OC)c1. The first-order chi connectivity index (χ1) is 12.3. The zero-order valence-electron chi connectivity index (χ0n) is 14.9. The van der Waals surface area contributed by atoms with Gasteiger partial charge in [0.2, 0.25) is 15.9 Å². The van der Waals surface area contributed by atoms with Crippen LogP contribution in [0.4, 0.5) is 11.4 Å². The molecule has 1 amide bonds. The molecule has 1 unspecified atom stereocenters. The Hall–Kier alpha value is -2.74. The van der Waals surface area contributed by atoms with E-state index in [1.54, 1.807) is 55.5 Å². The number of rotatable bonds is 8. The molecular weight excluding hydrogens is 356 g/mol. The third-order valence-electron chi connectivity index (χ3n) is 3.62. The Kier molecular flexibility index (Phi) is 6.46. The number of sulfonamides is 1. The van der Waals surface area contributed by atoms with Crippen molar-refractivity contribution in [1.29, 1.82) is 0 Å². The van der Waals surface area contributed by atoms with Gasteiger partial charge in [0.1, 0.15) is 11.5 Å². The van der Waals surface area contributed by atoms with E-state index in [0.717, 1.165) is 0 Å². The van der Waals surface area contributed by atoms with Crippen molar-refractivity contribution in [3.63, 3.8) is 0 Å². The molecule has 0 aliphatic carbocycles. The van der Waals surface area contributed by atoms with Gasteiger partial charge in [-0.15, -0.1) is 0 Å². The van der Waals surface area contributed by atoms with Crippen LogP contribution in [-0.2, 0) is 14.8 Å². The molecule has 7 nitrogen and oxygen atoms in total. The zero-order chi connectivity index (χ0) is 19.2. The maximum atomic E-state index is 12.3. The summed E-state index contributed by atoms with van der Waals surface area (Å²) in [5, 5.41) is 2.69.